The van der Waals surface area contributed by atoms with E-state index in [-0.39, 0.29) is 17.5 Å². The summed E-state index contributed by atoms with van der Waals surface area (Å²) >= 11 is 0. The number of anilines is 1. The van der Waals surface area contributed by atoms with Crippen molar-refractivity contribution in [3.05, 3.63) is 66.2 Å². The number of benzene rings is 3. The zero-order valence-corrected chi connectivity index (χ0v) is 11.7. The minimum atomic E-state index is 0.0463. The van der Waals surface area contributed by atoms with Crippen LogP contribution in [0.1, 0.15) is 18.5 Å². The molecule has 3 N–H and O–H groups in total. The second-order valence-corrected chi connectivity index (χ2v) is 5.14. The van der Waals surface area contributed by atoms with Crippen molar-refractivity contribution in [1.29, 1.82) is 0 Å². The Morgan fingerprint density at radius 3 is 2.38 bits per heavy atom. The molecular formula is C18H17NO2. The predicted octanol–water partition coefficient (Wildman–Crippen LogP) is 4.42. The monoisotopic (exact) mass is 279 g/mol. The zero-order chi connectivity index (χ0) is 14.8. The van der Waals surface area contributed by atoms with Crippen LogP contribution in [0.3, 0.4) is 0 Å². The molecule has 0 saturated heterocycles. The molecule has 1 unspecified atom stereocenters. The van der Waals surface area contributed by atoms with Crippen LogP contribution in [0.4, 0.5) is 5.69 Å². The van der Waals surface area contributed by atoms with Crippen LogP contribution >= 0.6 is 0 Å². The van der Waals surface area contributed by atoms with Crippen molar-refractivity contribution in [2.24, 2.45) is 0 Å². The van der Waals surface area contributed by atoms with Crippen LogP contribution in [-0.4, -0.2) is 10.2 Å². The molecule has 0 aliphatic carbocycles. The Kier molecular flexibility index (Phi) is 3.40. The fraction of sp³-hybridized carbons (Fsp3) is 0.111. The number of hydrogen-bond donors (Lipinski definition) is 3. The first-order chi connectivity index (χ1) is 10.1. The lowest BCUT2D eigenvalue weighted by Gasteiger charge is -2.18. The van der Waals surface area contributed by atoms with E-state index in [0.717, 1.165) is 22.0 Å². The lowest BCUT2D eigenvalue weighted by atomic mass is 10.0. The Balaban J connectivity index is 1.97. The summed E-state index contributed by atoms with van der Waals surface area (Å²) in [6.45, 7) is 2.04. The Morgan fingerprint density at radius 1 is 0.857 bits per heavy atom. The smallest absolute Gasteiger partial charge is 0.123 e. The van der Waals surface area contributed by atoms with Crippen LogP contribution in [0.5, 0.6) is 11.5 Å². The minimum Gasteiger partial charge on any atom is -0.508 e. The van der Waals surface area contributed by atoms with Gasteiger partial charge in [-0.25, -0.2) is 0 Å². The van der Waals surface area contributed by atoms with Gasteiger partial charge in [-0.05, 0) is 36.8 Å². The molecule has 0 aromatic heterocycles. The molecule has 3 heteroatoms. The molecule has 0 heterocycles. The summed E-state index contributed by atoms with van der Waals surface area (Å²) in [4.78, 5) is 0. The highest BCUT2D eigenvalue weighted by atomic mass is 16.3. The van der Waals surface area contributed by atoms with E-state index in [9.17, 15) is 10.2 Å². The summed E-state index contributed by atoms with van der Waals surface area (Å²) in [6, 6.07) is 18.6. The van der Waals surface area contributed by atoms with Crippen LogP contribution in [0.25, 0.3) is 10.8 Å². The number of phenols is 2. The Labute approximate surface area is 123 Å². The summed E-state index contributed by atoms with van der Waals surface area (Å²) in [6.07, 6.45) is 0. The van der Waals surface area contributed by atoms with E-state index in [1.54, 1.807) is 18.2 Å². The summed E-state index contributed by atoms with van der Waals surface area (Å²) in [5.41, 5.74) is 1.96. The first kappa shape index (κ1) is 13.3. The highest BCUT2D eigenvalue weighted by Crippen LogP contribution is 2.32. The summed E-state index contributed by atoms with van der Waals surface area (Å²) in [5.74, 6) is 0.540. The van der Waals surface area contributed by atoms with Crippen molar-refractivity contribution in [1.82, 2.24) is 0 Å². The Hall–Kier alpha value is -2.68. The fourth-order valence-electron chi connectivity index (χ4n) is 2.53. The number of aromatic hydroxyl groups is 2. The van der Waals surface area contributed by atoms with Crippen molar-refractivity contribution in [3.63, 3.8) is 0 Å². The quantitative estimate of drug-likeness (QED) is 0.665. The molecule has 3 rings (SSSR count). The lowest BCUT2D eigenvalue weighted by Crippen LogP contribution is -2.06. The van der Waals surface area contributed by atoms with Crippen LogP contribution in [0.15, 0.2) is 60.7 Å². The topological polar surface area (TPSA) is 52.5 Å². The van der Waals surface area contributed by atoms with Gasteiger partial charge in [-0.3, -0.25) is 0 Å². The average molecular weight is 279 g/mol. The van der Waals surface area contributed by atoms with E-state index in [2.05, 4.69) is 5.32 Å². The van der Waals surface area contributed by atoms with Crippen LogP contribution in [0, 0.1) is 0 Å². The summed E-state index contributed by atoms with van der Waals surface area (Å²) in [7, 11) is 0. The van der Waals surface area contributed by atoms with Gasteiger partial charge in [0, 0.05) is 22.5 Å². The maximum atomic E-state index is 9.92. The highest BCUT2D eigenvalue weighted by molar-refractivity contribution is 5.97. The van der Waals surface area contributed by atoms with Gasteiger partial charge in [0.2, 0.25) is 0 Å². The SMILES string of the molecule is CC(Nc1cccc2c(O)cccc12)c1cccc(O)c1. The van der Waals surface area contributed by atoms with Gasteiger partial charge < -0.3 is 15.5 Å². The summed E-state index contributed by atoms with van der Waals surface area (Å²) < 4.78 is 0. The number of hydrogen-bond acceptors (Lipinski definition) is 3. The third-order valence-electron chi connectivity index (χ3n) is 3.64. The molecule has 3 nitrogen and oxygen atoms in total. The van der Waals surface area contributed by atoms with E-state index in [1.807, 2.05) is 49.4 Å². The normalized spacial score (nSPS) is 12.2. The van der Waals surface area contributed by atoms with E-state index in [1.165, 1.54) is 0 Å². The first-order valence-corrected chi connectivity index (χ1v) is 6.91. The van der Waals surface area contributed by atoms with E-state index < -0.39 is 0 Å². The molecule has 0 bridgehead atoms. The molecular weight excluding hydrogens is 262 g/mol. The van der Waals surface area contributed by atoms with Crippen molar-refractivity contribution in [3.8, 4) is 11.5 Å². The highest BCUT2D eigenvalue weighted by Gasteiger charge is 2.09. The molecule has 0 spiro atoms. The largest absolute Gasteiger partial charge is 0.508 e. The average Bonchev–Trinajstić information content (AvgIpc) is 2.48. The third-order valence-corrected chi connectivity index (χ3v) is 3.64. The van der Waals surface area contributed by atoms with Gasteiger partial charge in [0.05, 0.1) is 0 Å². The van der Waals surface area contributed by atoms with Crippen molar-refractivity contribution in [2.75, 3.05) is 5.32 Å². The van der Waals surface area contributed by atoms with Gasteiger partial charge in [0.1, 0.15) is 11.5 Å². The van der Waals surface area contributed by atoms with Crippen LogP contribution < -0.4 is 5.32 Å². The number of fused-ring (bicyclic) bond motifs is 1. The molecule has 0 aliphatic heterocycles. The number of nitrogens with one attached hydrogen (secondary N) is 1. The second-order valence-electron chi connectivity index (χ2n) is 5.14. The van der Waals surface area contributed by atoms with Gasteiger partial charge in [-0.2, -0.15) is 0 Å². The van der Waals surface area contributed by atoms with E-state index in [0.29, 0.717) is 0 Å². The Bertz CT molecular complexity index is 783. The van der Waals surface area contributed by atoms with Gasteiger partial charge >= 0.3 is 0 Å². The predicted molar refractivity (Wildman–Crippen MR) is 85.8 cm³/mol. The summed E-state index contributed by atoms with van der Waals surface area (Å²) in [5, 5.41) is 24.7. The van der Waals surface area contributed by atoms with Crippen LogP contribution in [-0.2, 0) is 0 Å². The molecule has 21 heavy (non-hydrogen) atoms. The van der Waals surface area contributed by atoms with Crippen molar-refractivity contribution < 1.29 is 10.2 Å². The van der Waals surface area contributed by atoms with Crippen LogP contribution in [0.2, 0.25) is 0 Å². The maximum Gasteiger partial charge on any atom is 0.123 e. The van der Waals surface area contributed by atoms with E-state index in [4.69, 9.17) is 0 Å². The number of rotatable bonds is 3. The minimum absolute atomic E-state index is 0.0463. The fourth-order valence-corrected chi connectivity index (χ4v) is 2.53. The van der Waals surface area contributed by atoms with Gasteiger partial charge in [-0.15, -0.1) is 0 Å². The molecule has 3 aromatic rings. The molecule has 106 valence electrons. The molecule has 0 aliphatic rings. The Morgan fingerprint density at radius 2 is 1.57 bits per heavy atom. The van der Waals surface area contributed by atoms with E-state index >= 15 is 0 Å². The maximum absolute atomic E-state index is 9.92. The molecule has 0 radical (unpaired) electrons. The zero-order valence-electron chi connectivity index (χ0n) is 11.7. The first-order valence-electron chi connectivity index (χ1n) is 6.91. The van der Waals surface area contributed by atoms with Gasteiger partial charge in [0.15, 0.2) is 0 Å². The number of phenolic OH excluding ortho intramolecular Hbond substituents is 2. The third kappa shape index (κ3) is 2.63. The standard InChI is InChI=1S/C18H17NO2/c1-12(13-5-2-6-14(20)11-13)19-17-9-3-8-16-15(17)7-4-10-18(16)21/h2-12,19-21H,1H3. The van der Waals surface area contributed by atoms with Gasteiger partial charge in [0.25, 0.3) is 0 Å². The molecule has 3 aromatic carbocycles. The lowest BCUT2D eigenvalue weighted by molar-refractivity contribution is 0.474. The molecule has 0 fully saturated rings. The van der Waals surface area contributed by atoms with Gasteiger partial charge in [-0.1, -0.05) is 36.4 Å². The van der Waals surface area contributed by atoms with Crippen molar-refractivity contribution in [2.45, 2.75) is 13.0 Å². The van der Waals surface area contributed by atoms with Crippen molar-refractivity contribution >= 4 is 16.5 Å². The molecule has 0 saturated carbocycles. The second kappa shape index (κ2) is 5.37. The molecule has 0 amide bonds. The molecule has 1 atom stereocenters.